The van der Waals surface area contributed by atoms with E-state index in [1.165, 1.54) is 4.90 Å². The first-order valence-electron chi connectivity index (χ1n) is 6.53. The smallest absolute Gasteiger partial charge is 0.410 e. The maximum absolute atomic E-state index is 11.9. The van der Waals surface area contributed by atoms with Crippen LogP contribution in [-0.2, 0) is 19.1 Å². The van der Waals surface area contributed by atoms with Gasteiger partial charge in [0.1, 0.15) is 5.60 Å². The van der Waals surface area contributed by atoms with Crippen LogP contribution < -0.4 is 0 Å². The third-order valence-electron chi connectivity index (χ3n) is 2.88. The molecule has 1 saturated heterocycles. The second-order valence-corrected chi connectivity index (χ2v) is 5.69. The van der Waals surface area contributed by atoms with Crippen LogP contribution in [0.5, 0.6) is 0 Å². The molecule has 0 aromatic heterocycles. The van der Waals surface area contributed by atoms with Crippen LogP contribution in [-0.4, -0.2) is 53.3 Å². The molecule has 1 fully saturated rings. The minimum Gasteiger partial charge on any atom is -0.481 e. The van der Waals surface area contributed by atoms with Gasteiger partial charge >= 0.3 is 18.0 Å². The van der Waals surface area contributed by atoms with E-state index < -0.39 is 35.5 Å². The van der Waals surface area contributed by atoms with Gasteiger partial charge in [0.15, 0.2) is 0 Å². The Morgan fingerprint density at radius 2 is 1.75 bits per heavy atom. The number of aliphatic carboxylic acids is 1. The fourth-order valence-corrected chi connectivity index (χ4v) is 2.02. The minimum absolute atomic E-state index is 0.00468. The third kappa shape index (κ3) is 4.11. The first kappa shape index (κ1) is 16.3. The minimum atomic E-state index is -1.12. The van der Waals surface area contributed by atoms with Crippen molar-refractivity contribution in [2.45, 2.75) is 33.3 Å². The van der Waals surface area contributed by atoms with Crippen LogP contribution in [0.2, 0.25) is 0 Å². The summed E-state index contributed by atoms with van der Waals surface area (Å²) in [5.41, 5.74) is -0.669. The molecule has 0 spiro atoms. The number of carbonyl (C=O) groups excluding carboxylic acids is 2. The zero-order chi connectivity index (χ0) is 15.5. The summed E-state index contributed by atoms with van der Waals surface area (Å²) in [7, 11) is 0. The predicted octanol–water partition coefficient (Wildman–Crippen LogP) is 1.12. The highest BCUT2D eigenvalue weighted by atomic mass is 16.6. The standard InChI is InChI=1S/C13H21NO6/c1-5-19-11(17)9-7-14(6-8(9)10(15)16)12(18)20-13(2,3)4/h8-9H,5-7H2,1-4H3,(H,15,16)/t8-,9+/m1/s1. The summed E-state index contributed by atoms with van der Waals surface area (Å²) in [6.45, 7) is 6.94. The molecule has 1 heterocycles. The molecule has 0 aromatic carbocycles. The Balaban J connectivity index is 2.77. The molecule has 7 heteroatoms. The lowest BCUT2D eigenvalue weighted by molar-refractivity contribution is -0.155. The number of amides is 1. The fraction of sp³-hybridized carbons (Fsp3) is 0.769. The van der Waals surface area contributed by atoms with Gasteiger partial charge in [-0.3, -0.25) is 9.59 Å². The van der Waals surface area contributed by atoms with Crippen LogP contribution >= 0.6 is 0 Å². The Labute approximate surface area is 117 Å². The molecule has 0 unspecified atom stereocenters. The molecule has 0 saturated carbocycles. The van der Waals surface area contributed by atoms with E-state index in [0.29, 0.717) is 0 Å². The lowest BCUT2D eigenvalue weighted by Crippen LogP contribution is -2.36. The molecule has 0 aliphatic carbocycles. The summed E-state index contributed by atoms with van der Waals surface area (Å²) in [6, 6.07) is 0. The highest BCUT2D eigenvalue weighted by Crippen LogP contribution is 2.26. The van der Waals surface area contributed by atoms with Crippen LogP contribution in [0.3, 0.4) is 0 Å². The molecular weight excluding hydrogens is 266 g/mol. The molecule has 20 heavy (non-hydrogen) atoms. The molecule has 0 aromatic rings. The van der Waals surface area contributed by atoms with Gasteiger partial charge in [-0.1, -0.05) is 0 Å². The fourth-order valence-electron chi connectivity index (χ4n) is 2.02. The number of hydrogen-bond donors (Lipinski definition) is 1. The van der Waals surface area contributed by atoms with E-state index in [9.17, 15) is 14.4 Å². The number of carboxylic acids is 1. The second-order valence-electron chi connectivity index (χ2n) is 5.69. The molecule has 1 rings (SSSR count). The van der Waals surface area contributed by atoms with Gasteiger partial charge in [-0.2, -0.15) is 0 Å². The Morgan fingerprint density at radius 1 is 1.20 bits per heavy atom. The molecule has 114 valence electrons. The average molecular weight is 287 g/mol. The van der Waals surface area contributed by atoms with Crippen molar-refractivity contribution in [1.82, 2.24) is 4.90 Å². The summed E-state index contributed by atoms with van der Waals surface area (Å²) in [5.74, 6) is -3.51. The van der Waals surface area contributed by atoms with Gasteiger partial charge in [0, 0.05) is 13.1 Å². The quantitative estimate of drug-likeness (QED) is 0.782. The normalized spacial score (nSPS) is 22.5. The van der Waals surface area contributed by atoms with Crippen molar-refractivity contribution in [1.29, 1.82) is 0 Å². The highest BCUT2D eigenvalue weighted by molar-refractivity contribution is 5.84. The van der Waals surface area contributed by atoms with Crippen LogP contribution in [0.15, 0.2) is 0 Å². The van der Waals surface area contributed by atoms with Crippen molar-refractivity contribution in [2.24, 2.45) is 11.8 Å². The van der Waals surface area contributed by atoms with Gasteiger partial charge in [-0.25, -0.2) is 4.79 Å². The highest BCUT2D eigenvalue weighted by Gasteiger charge is 2.45. The van der Waals surface area contributed by atoms with Gasteiger partial charge in [0.05, 0.1) is 18.4 Å². The zero-order valence-electron chi connectivity index (χ0n) is 12.2. The van der Waals surface area contributed by atoms with Crippen LogP contribution in [0.25, 0.3) is 0 Å². The number of likely N-dealkylation sites (tertiary alicyclic amines) is 1. The maximum Gasteiger partial charge on any atom is 0.410 e. The molecular formula is C13H21NO6. The van der Waals surface area contributed by atoms with E-state index in [-0.39, 0.29) is 19.7 Å². The van der Waals surface area contributed by atoms with Crippen molar-refractivity contribution in [3.63, 3.8) is 0 Å². The Morgan fingerprint density at radius 3 is 2.20 bits per heavy atom. The van der Waals surface area contributed by atoms with E-state index in [1.807, 2.05) is 0 Å². The Hall–Kier alpha value is -1.79. The van der Waals surface area contributed by atoms with E-state index in [2.05, 4.69) is 0 Å². The molecule has 7 nitrogen and oxygen atoms in total. The number of ether oxygens (including phenoxy) is 2. The number of carbonyl (C=O) groups is 3. The summed E-state index contributed by atoms with van der Waals surface area (Å²) < 4.78 is 10.0. The van der Waals surface area contributed by atoms with Crippen molar-refractivity contribution < 1.29 is 29.0 Å². The molecule has 2 atom stereocenters. The van der Waals surface area contributed by atoms with Crippen LogP contribution in [0.1, 0.15) is 27.7 Å². The van der Waals surface area contributed by atoms with Gasteiger partial charge in [-0.15, -0.1) is 0 Å². The summed E-state index contributed by atoms with van der Waals surface area (Å²) >= 11 is 0. The van der Waals surface area contributed by atoms with E-state index in [1.54, 1.807) is 27.7 Å². The monoisotopic (exact) mass is 287 g/mol. The molecule has 1 amide bonds. The second kappa shape index (κ2) is 6.11. The predicted molar refractivity (Wildman–Crippen MR) is 69.1 cm³/mol. The molecule has 0 bridgehead atoms. The Bertz CT molecular complexity index is 400. The summed E-state index contributed by atoms with van der Waals surface area (Å²) in [6.07, 6.45) is -0.615. The maximum atomic E-state index is 11.9. The third-order valence-corrected chi connectivity index (χ3v) is 2.88. The first-order chi connectivity index (χ1) is 9.15. The van der Waals surface area contributed by atoms with Crippen LogP contribution in [0.4, 0.5) is 4.79 Å². The average Bonchev–Trinajstić information content (AvgIpc) is 2.71. The number of esters is 1. The largest absolute Gasteiger partial charge is 0.481 e. The summed E-state index contributed by atoms with van der Waals surface area (Å²) in [4.78, 5) is 36.1. The van der Waals surface area contributed by atoms with E-state index >= 15 is 0 Å². The van der Waals surface area contributed by atoms with Crippen molar-refractivity contribution in [3.05, 3.63) is 0 Å². The number of nitrogens with zero attached hydrogens (tertiary/aromatic N) is 1. The number of hydrogen-bond acceptors (Lipinski definition) is 5. The molecule has 0 radical (unpaired) electrons. The first-order valence-corrected chi connectivity index (χ1v) is 6.53. The van der Waals surface area contributed by atoms with Crippen molar-refractivity contribution in [2.75, 3.05) is 19.7 Å². The molecule has 1 N–H and O–H groups in total. The van der Waals surface area contributed by atoms with Gasteiger partial charge < -0.3 is 19.5 Å². The topological polar surface area (TPSA) is 93.1 Å². The van der Waals surface area contributed by atoms with E-state index in [0.717, 1.165) is 0 Å². The lowest BCUT2D eigenvalue weighted by atomic mass is 9.96. The lowest BCUT2D eigenvalue weighted by Gasteiger charge is -2.24. The van der Waals surface area contributed by atoms with Crippen LogP contribution in [0, 0.1) is 11.8 Å². The van der Waals surface area contributed by atoms with Gasteiger partial charge in [0.2, 0.25) is 0 Å². The van der Waals surface area contributed by atoms with Gasteiger partial charge in [0.25, 0.3) is 0 Å². The van der Waals surface area contributed by atoms with Gasteiger partial charge in [-0.05, 0) is 27.7 Å². The van der Waals surface area contributed by atoms with Crippen molar-refractivity contribution >= 4 is 18.0 Å². The zero-order valence-corrected chi connectivity index (χ0v) is 12.2. The molecule has 1 aliphatic heterocycles. The van der Waals surface area contributed by atoms with Crippen molar-refractivity contribution in [3.8, 4) is 0 Å². The number of rotatable bonds is 3. The summed E-state index contributed by atoms with van der Waals surface area (Å²) in [5, 5.41) is 9.15. The SMILES string of the molecule is CCOC(=O)[C@H]1CN(C(=O)OC(C)(C)C)C[C@H]1C(=O)O. The number of carboxylic acid groups (broad SMARTS) is 1. The molecule has 1 aliphatic rings. The van der Waals surface area contributed by atoms with E-state index in [4.69, 9.17) is 14.6 Å². The Kier molecular flexibility index (Phi) is 4.97.